The largest absolute Gasteiger partial charge is 0.504 e. The Balaban J connectivity index is 3.04. The molecule has 0 spiro atoms. The van der Waals surface area contributed by atoms with Gasteiger partial charge in [-0.2, -0.15) is 0 Å². The molecule has 0 bridgehead atoms. The molecule has 1 aromatic rings. The normalized spacial score (nSPS) is 12.1. The average molecular weight is 224 g/mol. The Bertz CT molecular complexity index is 431. The number of hydrogen-bond donors (Lipinski definition) is 4. The fourth-order valence-corrected chi connectivity index (χ4v) is 1.25. The molecule has 0 aliphatic rings. The summed E-state index contributed by atoms with van der Waals surface area (Å²) in [4.78, 5) is 22.6. The van der Waals surface area contributed by atoms with Gasteiger partial charge in [0.1, 0.15) is 0 Å². The van der Waals surface area contributed by atoms with Crippen LogP contribution >= 0.6 is 0 Å². The molecule has 1 aromatic carbocycles. The van der Waals surface area contributed by atoms with E-state index in [1.807, 2.05) is 0 Å². The van der Waals surface area contributed by atoms with Gasteiger partial charge in [-0.1, -0.05) is 0 Å². The second-order valence-electron chi connectivity index (χ2n) is 3.19. The fourth-order valence-electron chi connectivity index (χ4n) is 1.25. The first-order chi connectivity index (χ1) is 7.47. The lowest BCUT2D eigenvalue weighted by Gasteiger charge is -2.11. The van der Waals surface area contributed by atoms with E-state index in [9.17, 15) is 14.7 Å². The van der Waals surface area contributed by atoms with Crippen LogP contribution in [-0.4, -0.2) is 35.0 Å². The van der Waals surface area contributed by atoms with Gasteiger partial charge in [-0.25, -0.2) is 0 Å². The lowest BCUT2D eigenvalue weighted by molar-refractivity contribution is -0.118. The van der Waals surface area contributed by atoms with Gasteiger partial charge < -0.3 is 21.3 Å². The number of Topliss-reactive ketones (excluding diaryl/α,β-unsaturated/α-hetero) is 1. The van der Waals surface area contributed by atoms with Crippen molar-refractivity contribution in [1.82, 2.24) is 5.32 Å². The van der Waals surface area contributed by atoms with Crippen LogP contribution in [0.4, 0.5) is 0 Å². The Labute approximate surface area is 91.7 Å². The summed E-state index contributed by atoms with van der Waals surface area (Å²) in [6, 6.07) is 2.38. The maximum Gasteiger partial charge on any atom is 0.242 e. The molecule has 0 aliphatic heterocycles. The molecule has 0 saturated heterocycles. The van der Waals surface area contributed by atoms with E-state index in [2.05, 4.69) is 5.32 Å². The molecule has 0 unspecified atom stereocenters. The molecule has 6 heteroatoms. The topological polar surface area (TPSA) is 113 Å². The number of carbonyl (C=O) groups excluding carboxylic acids is 2. The van der Waals surface area contributed by atoms with Crippen LogP contribution in [0.3, 0.4) is 0 Å². The van der Waals surface area contributed by atoms with E-state index in [0.717, 1.165) is 12.1 Å². The molecule has 1 rings (SSSR count). The molecular formula is C10H12N2O4. The van der Waals surface area contributed by atoms with Gasteiger partial charge in [0, 0.05) is 5.56 Å². The molecule has 86 valence electrons. The van der Waals surface area contributed by atoms with Gasteiger partial charge >= 0.3 is 0 Å². The maximum absolute atomic E-state index is 11.7. The summed E-state index contributed by atoms with van der Waals surface area (Å²) < 4.78 is 0. The van der Waals surface area contributed by atoms with E-state index in [1.165, 1.54) is 13.1 Å². The first kappa shape index (κ1) is 12.0. The van der Waals surface area contributed by atoms with Gasteiger partial charge in [0.15, 0.2) is 23.3 Å². The maximum atomic E-state index is 11.7. The molecular weight excluding hydrogens is 212 g/mol. The number of carbonyl (C=O) groups is 2. The summed E-state index contributed by atoms with van der Waals surface area (Å²) in [5, 5.41) is 20.7. The standard InChI is InChI=1S/C10H12N2O4/c1-12-8(10(11)16)9(15)5-2-3-6(13)7(14)4-5/h2-4,8,12-14H,1H3,(H2,11,16)/t8-/m1/s1. The van der Waals surface area contributed by atoms with Crippen LogP contribution in [0, 0.1) is 0 Å². The zero-order valence-corrected chi connectivity index (χ0v) is 8.60. The number of phenols is 2. The average Bonchev–Trinajstić information content (AvgIpc) is 2.22. The zero-order chi connectivity index (χ0) is 12.3. The Morgan fingerprint density at radius 2 is 1.94 bits per heavy atom. The van der Waals surface area contributed by atoms with E-state index in [0.29, 0.717) is 0 Å². The number of phenolic OH excluding ortho intramolecular Hbond substituents is 2. The van der Waals surface area contributed by atoms with Crippen molar-refractivity contribution >= 4 is 11.7 Å². The number of rotatable bonds is 4. The Morgan fingerprint density at radius 1 is 1.31 bits per heavy atom. The van der Waals surface area contributed by atoms with Gasteiger partial charge in [0.05, 0.1) is 0 Å². The third-order valence-electron chi connectivity index (χ3n) is 2.10. The van der Waals surface area contributed by atoms with E-state index < -0.39 is 23.5 Å². The Kier molecular flexibility index (Phi) is 3.47. The third-order valence-corrected chi connectivity index (χ3v) is 2.10. The minimum absolute atomic E-state index is 0.0912. The summed E-state index contributed by atoms with van der Waals surface area (Å²) in [5.74, 6) is -2.13. The predicted octanol–water partition coefficient (Wildman–Crippen LogP) is -0.646. The summed E-state index contributed by atoms with van der Waals surface area (Å²) >= 11 is 0. The molecule has 0 saturated carbocycles. The van der Waals surface area contributed by atoms with Crippen molar-refractivity contribution in [3.8, 4) is 11.5 Å². The van der Waals surface area contributed by atoms with E-state index in [-0.39, 0.29) is 11.3 Å². The van der Waals surface area contributed by atoms with Crippen molar-refractivity contribution in [1.29, 1.82) is 0 Å². The molecule has 0 heterocycles. The third kappa shape index (κ3) is 2.29. The van der Waals surface area contributed by atoms with Gasteiger partial charge in [0.25, 0.3) is 0 Å². The Morgan fingerprint density at radius 3 is 2.38 bits per heavy atom. The van der Waals surface area contributed by atoms with Gasteiger partial charge in [-0.05, 0) is 25.2 Å². The number of nitrogens with one attached hydrogen (secondary N) is 1. The highest BCUT2D eigenvalue weighted by molar-refractivity contribution is 6.13. The minimum Gasteiger partial charge on any atom is -0.504 e. The molecule has 1 amide bonds. The molecule has 1 atom stereocenters. The van der Waals surface area contributed by atoms with Crippen LogP contribution in [0.15, 0.2) is 18.2 Å². The summed E-state index contributed by atoms with van der Waals surface area (Å²) in [6.07, 6.45) is 0. The van der Waals surface area contributed by atoms with Crippen molar-refractivity contribution in [3.05, 3.63) is 23.8 Å². The van der Waals surface area contributed by atoms with Crippen molar-refractivity contribution in [2.45, 2.75) is 6.04 Å². The van der Waals surface area contributed by atoms with Crippen LogP contribution in [0.2, 0.25) is 0 Å². The highest BCUT2D eigenvalue weighted by Gasteiger charge is 2.24. The number of amides is 1. The van der Waals surface area contributed by atoms with Crippen LogP contribution in [0.1, 0.15) is 10.4 Å². The first-order valence-electron chi connectivity index (χ1n) is 4.50. The zero-order valence-electron chi connectivity index (χ0n) is 8.60. The van der Waals surface area contributed by atoms with E-state index in [1.54, 1.807) is 0 Å². The molecule has 0 fully saturated rings. The smallest absolute Gasteiger partial charge is 0.242 e. The second kappa shape index (κ2) is 4.63. The van der Waals surface area contributed by atoms with Crippen molar-refractivity contribution < 1.29 is 19.8 Å². The van der Waals surface area contributed by atoms with E-state index >= 15 is 0 Å². The highest BCUT2D eigenvalue weighted by atomic mass is 16.3. The first-order valence-corrected chi connectivity index (χ1v) is 4.50. The van der Waals surface area contributed by atoms with Gasteiger partial charge in [-0.15, -0.1) is 0 Å². The number of aromatic hydroxyl groups is 2. The lowest BCUT2D eigenvalue weighted by Crippen LogP contribution is -2.45. The Hall–Kier alpha value is -2.08. The molecule has 6 nitrogen and oxygen atoms in total. The quantitative estimate of drug-likeness (QED) is 0.308. The molecule has 0 aromatic heterocycles. The number of hydrogen-bond acceptors (Lipinski definition) is 5. The lowest BCUT2D eigenvalue weighted by atomic mass is 10.0. The highest BCUT2D eigenvalue weighted by Crippen LogP contribution is 2.25. The van der Waals surface area contributed by atoms with Crippen LogP contribution in [0.25, 0.3) is 0 Å². The molecule has 16 heavy (non-hydrogen) atoms. The van der Waals surface area contributed by atoms with Gasteiger partial charge in [-0.3, -0.25) is 9.59 Å². The fraction of sp³-hybridized carbons (Fsp3) is 0.200. The number of primary amides is 1. The monoisotopic (exact) mass is 224 g/mol. The van der Waals surface area contributed by atoms with E-state index in [4.69, 9.17) is 10.8 Å². The number of nitrogens with two attached hydrogens (primary N) is 1. The van der Waals surface area contributed by atoms with Gasteiger partial charge in [0.2, 0.25) is 5.91 Å². The number of likely N-dealkylation sites (N-methyl/N-ethyl adjacent to an activating group) is 1. The van der Waals surface area contributed by atoms with Crippen LogP contribution in [-0.2, 0) is 4.79 Å². The number of ketones is 1. The minimum atomic E-state index is -1.15. The second-order valence-corrected chi connectivity index (χ2v) is 3.19. The van der Waals surface area contributed by atoms with Crippen molar-refractivity contribution in [2.24, 2.45) is 5.73 Å². The van der Waals surface area contributed by atoms with Crippen LogP contribution < -0.4 is 11.1 Å². The van der Waals surface area contributed by atoms with Crippen molar-refractivity contribution in [3.63, 3.8) is 0 Å². The SMILES string of the molecule is CN[C@@H](C(N)=O)C(=O)c1ccc(O)c(O)c1. The summed E-state index contributed by atoms with van der Waals surface area (Å²) in [7, 11) is 1.42. The summed E-state index contributed by atoms with van der Waals surface area (Å²) in [6.45, 7) is 0. The molecule has 0 aliphatic carbocycles. The molecule has 0 radical (unpaired) electrons. The summed E-state index contributed by atoms with van der Waals surface area (Å²) in [5.41, 5.74) is 5.11. The molecule has 5 N–H and O–H groups in total. The van der Waals surface area contributed by atoms with Crippen molar-refractivity contribution in [2.75, 3.05) is 7.05 Å². The van der Waals surface area contributed by atoms with Crippen LogP contribution in [0.5, 0.6) is 11.5 Å². The number of benzene rings is 1. The predicted molar refractivity (Wildman–Crippen MR) is 56.1 cm³/mol.